The van der Waals surface area contributed by atoms with Crippen LogP contribution in [0.2, 0.25) is 0 Å². The molecular formula is C20H21KN3NaO2. The van der Waals surface area contributed by atoms with Gasteiger partial charge in [0.25, 0.3) is 0 Å². The van der Waals surface area contributed by atoms with E-state index in [-0.39, 0.29) is 83.8 Å². The van der Waals surface area contributed by atoms with Gasteiger partial charge in [-0.25, -0.2) is 10.3 Å². The molecule has 0 amide bonds. The Balaban J connectivity index is 0. The molecule has 0 unspecified atom stereocenters. The number of carbonyl (C=O) groups is 1. The van der Waals surface area contributed by atoms with Crippen LogP contribution in [-0.4, -0.2) is 12.1 Å². The van der Waals surface area contributed by atoms with E-state index in [1.165, 1.54) is 0 Å². The van der Waals surface area contributed by atoms with E-state index in [9.17, 15) is 4.79 Å². The summed E-state index contributed by atoms with van der Waals surface area (Å²) in [6.07, 6.45) is -0.749. The molecule has 3 aromatic carbocycles. The number of hydrogen-bond donors (Lipinski definition) is 3. The summed E-state index contributed by atoms with van der Waals surface area (Å²) in [5, 5.41) is 6.28. The van der Waals surface area contributed by atoms with E-state index >= 15 is 0 Å². The van der Waals surface area contributed by atoms with Crippen molar-refractivity contribution in [2.45, 2.75) is 6.17 Å². The Labute approximate surface area is 226 Å². The van der Waals surface area contributed by atoms with Crippen LogP contribution in [0.4, 0.5) is 17.1 Å². The summed E-state index contributed by atoms with van der Waals surface area (Å²) < 4.78 is 0. The second-order valence-electron chi connectivity index (χ2n) is 5.34. The van der Waals surface area contributed by atoms with Gasteiger partial charge in [-0.1, -0.05) is 54.6 Å². The van der Waals surface area contributed by atoms with Crippen LogP contribution in [0.25, 0.3) is 0 Å². The molecule has 27 heavy (non-hydrogen) atoms. The van der Waals surface area contributed by atoms with Crippen molar-refractivity contribution in [1.82, 2.24) is 0 Å². The first kappa shape index (κ1) is 24.2. The van der Waals surface area contributed by atoms with Crippen molar-refractivity contribution >= 4 is 23.0 Å². The van der Waals surface area contributed by atoms with Crippen molar-refractivity contribution in [2.75, 3.05) is 16.1 Å². The standard InChI is InChI=1S/C20H19N3O2.K.Na.2H/c24-20(25-23-18-14-8-3-9-15-18)19(21-16-10-4-1-5-11-16)22-17-12-6-2-7-13-17;;;;/h1-15,19,21-23H;;;;/q;2*+1;2*-1. The van der Waals surface area contributed by atoms with E-state index in [4.69, 9.17) is 4.84 Å². The molecule has 0 saturated heterocycles. The molecular weight excluding hydrogens is 376 g/mol. The monoisotopic (exact) mass is 397 g/mol. The van der Waals surface area contributed by atoms with Gasteiger partial charge in [0.2, 0.25) is 0 Å². The molecule has 0 aromatic heterocycles. The van der Waals surface area contributed by atoms with Crippen molar-refractivity contribution < 1.29 is 93.4 Å². The second kappa shape index (κ2) is 13.4. The number of anilines is 3. The van der Waals surface area contributed by atoms with E-state index in [0.29, 0.717) is 5.69 Å². The summed E-state index contributed by atoms with van der Waals surface area (Å²) in [5.74, 6) is -0.475. The smallest absolute Gasteiger partial charge is 1.00 e. The summed E-state index contributed by atoms with van der Waals surface area (Å²) in [4.78, 5) is 17.7. The Morgan fingerprint density at radius 3 is 1.48 bits per heavy atom. The Hall–Kier alpha value is -0.834. The summed E-state index contributed by atoms with van der Waals surface area (Å²) >= 11 is 0. The Bertz CT molecular complexity index is 761. The van der Waals surface area contributed by atoms with Crippen molar-refractivity contribution in [1.29, 1.82) is 0 Å². The summed E-state index contributed by atoms with van der Waals surface area (Å²) in [5.41, 5.74) is 4.99. The first-order valence-corrected chi connectivity index (χ1v) is 7.96. The fourth-order valence-electron chi connectivity index (χ4n) is 2.23. The molecule has 3 aromatic rings. The summed E-state index contributed by atoms with van der Waals surface area (Å²) in [6.45, 7) is 0. The van der Waals surface area contributed by atoms with Gasteiger partial charge in [-0.15, -0.1) is 0 Å². The van der Waals surface area contributed by atoms with E-state index < -0.39 is 12.1 Å². The van der Waals surface area contributed by atoms with Gasteiger partial charge in [-0.2, -0.15) is 0 Å². The van der Waals surface area contributed by atoms with Crippen molar-refractivity contribution in [3.05, 3.63) is 91.0 Å². The second-order valence-corrected chi connectivity index (χ2v) is 5.34. The number of para-hydroxylation sites is 3. The van der Waals surface area contributed by atoms with E-state index in [1.54, 1.807) is 0 Å². The third kappa shape index (κ3) is 8.37. The van der Waals surface area contributed by atoms with Crippen molar-refractivity contribution in [2.24, 2.45) is 0 Å². The minimum Gasteiger partial charge on any atom is -1.00 e. The van der Waals surface area contributed by atoms with E-state index in [0.717, 1.165) is 11.4 Å². The molecule has 0 spiro atoms. The van der Waals surface area contributed by atoms with Crippen LogP contribution in [0.3, 0.4) is 0 Å². The van der Waals surface area contributed by atoms with Crippen LogP contribution in [0.15, 0.2) is 91.0 Å². The zero-order valence-electron chi connectivity index (χ0n) is 17.6. The largest absolute Gasteiger partial charge is 1.00 e. The Morgan fingerprint density at radius 1 is 0.704 bits per heavy atom. The maximum absolute atomic E-state index is 12.5. The van der Waals surface area contributed by atoms with Gasteiger partial charge in [0.1, 0.15) is 0 Å². The molecule has 3 N–H and O–H groups in total. The maximum Gasteiger partial charge on any atom is 1.00 e. The van der Waals surface area contributed by atoms with Gasteiger partial charge in [0.05, 0.1) is 5.69 Å². The zero-order valence-corrected chi connectivity index (χ0v) is 20.7. The SMILES string of the molecule is O=C(ONc1ccccc1)C(Nc1ccccc1)Nc1ccccc1.[H-].[H-].[K+].[Na+]. The topological polar surface area (TPSA) is 62.4 Å². The molecule has 7 heteroatoms. The van der Waals surface area contributed by atoms with Gasteiger partial charge < -0.3 is 18.3 Å². The average molecular weight is 397 g/mol. The predicted molar refractivity (Wildman–Crippen MR) is 102 cm³/mol. The normalized spacial score (nSPS) is 9.37. The van der Waals surface area contributed by atoms with Crippen LogP contribution in [-0.2, 0) is 9.63 Å². The van der Waals surface area contributed by atoms with Crippen LogP contribution in [0.5, 0.6) is 0 Å². The molecule has 3 rings (SSSR count). The number of rotatable bonds is 7. The number of carbonyl (C=O) groups excluding carboxylic acids is 1. The molecule has 0 heterocycles. The quantitative estimate of drug-likeness (QED) is 0.253. The molecule has 0 aliphatic carbocycles. The Morgan fingerprint density at radius 2 is 1.07 bits per heavy atom. The fraction of sp³-hybridized carbons (Fsp3) is 0.0500. The maximum atomic E-state index is 12.5. The molecule has 0 aliphatic rings. The molecule has 0 radical (unpaired) electrons. The number of hydrogen-bond acceptors (Lipinski definition) is 5. The molecule has 5 nitrogen and oxygen atoms in total. The number of nitrogens with one attached hydrogen (secondary N) is 3. The van der Waals surface area contributed by atoms with Gasteiger partial charge in [0.15, 0.2) is 6.17 Å². The van der Waals surface area contributed by atoms with E-state index in [2.05, 4.69) is 16.1 Å². The minimum absolute atomic E-state index is 0. The average Bonchev–Trinajstić information content (AvgIpc) is 2.68. The first-order chi connectivity index (χ1) is 12.3. The Kier molecular flexibility index (Phi) is 12.0. The van der Waals surface area contributed by atoms with Gasteiger partial charge in [0, 0.05) is 11.4 Å². The van der Waals surface area contributed by atoms with Crippen molar-refractivity contribution in [3.8, 4) is 0 Å². The third-order valence-electron chi connectivity index (χ3n) is 3.45. The molecule has 0 fully saturated rings. The van der Waals surface area contributed by atoms with E-state index in [1.807, 2.05) is 91.0 Å². The third-order valence-corrected chi connectivity index (χ3v) is 3.45. The molecule has 130 valence electrons. The molecule has 0 atom stereocenters. The van der Waals surface area contributed by atoms with Gasteiger partial charge >= 0.3 is 86.9 Å². The minimum atomic E-state index is -0.749. The predicted octanol–water partition coefficient (Wildman–Crippen LogP) is -1.66. The van der Waals surface area contributed by atoms with Crippen molar-refractivity contribution in [3.63, 3.8) is 0 Å². The van der Waals surface area contributed by atoms with Crippen LogP contribution in [0.1, 0.15) is 2.85 Å². The summed E-state index contributed by atoms with van der Waals surface area (Å²) in [6, 6.07) is 28.2. The van der Waals surface area contributed by atoms with Crippen LogP contribution >= 0.6 is 0 Å². The van der Waals surface area contributed by atoms with Gasteiger partial charge in [-0.05, 0) is 36.4 Å². The first-order valence-electron chi connectivity index (χ1n) is 7.96. The number of benzene rings is 3. The zero-order chi connectivity index (χ0) is 17.3. The molecule has 0 saturated carbocycles. The van der Waals surface area contributed by atoms with Gasteiger partial charge in [-0.3, -0.25) is 0 Å². The molecule has 0 aliphatic heterocycles. The van der Waals surface area contributed by atoms with Crippen LogP contribution in [0, 0.1) is 0 Å². The summed E-state index contributed by atoms with van der Waals surface area (Å²) in [7, 11) is 0. The molecule has 0 bridgehead atoms. The van der Waals surface area contributed by atoms with Crippen LogP contribution < -0.4 is 97.1 Å². The fourth-order valence-corrected chi connectivity index (χ4v) is 2.23.